The molecule has 2 aliphatic heterocycles. The highest BCUT2D eigenvalue weighted by Crippen LogP contribution is 2.21. The summed E-state index contributed by atoms with van der Waals surface area (Å²) in [6, 6.07) is 4.27. The number of hydrogen-bond donors (Lipinski definition) is 2. The molecule has 3 heterocycles. The monoisotopic (exact) mass is 372 g/mol. The lowest BCUT2D eigenvalue weighted by molar-refractivity contribution is -0.121. The van der Waals surface area contributed by atoms with E-state index >= 15 is 0 Å². The van der Waals surface area contributed by atoms with Gasteiger partial charge in [0.25, 0.3) is 0 Å². The number of aliphatic imine (C=N–C) groups is 1. The summed E-state index contributed by atoms with van der Waals surface area (Å²) in [5.41, 5.74) is 1.16. The summed E-state index contributed by atoms with van der Waals surface area (Å²) in [5, 5.41) is 6.17. The summed E-state index contributed by atoms with van der Waals surface area (Å²) < 4.78 is 0. The van der Waals surface area contributed by atoms with E-state index < -0.39 is 0 Å². The van der Waals surface area contributed by atoms with Gasteiger partial charge in [0.05, 0.1) is 0 Å². The van der Waals surface area contributed by atoms with Gasteiger partial charge in [0.1, 0.15) is 5.82 Å². The van der Waals surface area contributed by atoms with Crippen molar-refractivity contribution in [2.24, 2.45) is 10.9 Å². The number of aromatic nitrogens is 1. The standard InChI is InChI=1S/C20H32N6O/c1-21-19(27)13-16-7-11-26(12-8-16)20(22-2)24-15-17-5-6-18(23-14-17)25-9-3-4-10-25/h5-6,14,16H,3-4,7-13,15H2,1-2H3,(H,21,27)(H,22,24). The Bertz CT molecular complexity index is 630. The third kappa shape index (κ3) is 5.34. The van der Waals surface area contributed by atoms with Crippen LogP contribution in [0.1, 0.15) is 37.7 Å². The lowest BCUT2D eigenvalue weighted by Gasteiger charge is -2.34. The van der Waals surface area contributed by atoms with E-state index in [9.17, 15) is 4.79 Å². The summed E-state index contributed by atoms with van der Waals surface area (Å²) in [4.78, 5) is 25.2. The van der Waals surface area contributed by atoms with Crippen LogP contribution in [0.4, 0.5) is 5.82 Å². The Labute approximate surface area is 162 Å². The zero-order valence-corrected chi connectivity index (χ0v) is 16.6. The molecule has 27 heavy (non-hydrogen) atoms. The van der Waals surface area contributed by atoms with Crippen LogP contribution in [0.15, 0.2) is 23.3 Å². The third-order valence-corrected chi connectivity index (χ3v) is 5.57. The second-order valence-electron chi connectivity index (χ2n) is 7.43. The van der Waals surface area contributed by atoms with Crippen molar-refractivity contribution in [3.8, 4) is 0 Å². The highest BCUT2D eigenvalue weighted by molar-refractivity contribution is 5.80. The number of likely N-dealkylation sites (tertiary alicyclic amines) is 1. The predicted octanol–water partition coefficient (Wildman–Crippen LogP) is 1.61. The van der Waals surface area contributed by atoms with E-state index in [2.05, 4.69) is 42.5 Å². The number of anilines is 1. The van der Waals surface area contributed by atoms with Crippen molar-refractivity contribution in [1.29, 1.82) is 0 Å². The first-order valence-corrected chi connectivity index (χ1v) is 10.1. The minimum Gasteiger partial charge on any atom is -0.359 e. The average Bonchev–Trinajstić information content (AvgIpc) is 3.25. The summed E-state index contributed by atoms with van der Waals surface area (Å²) in [6.07, 6.45) is 7.18. The molecule has 1 amide bonds. The number of guanidine groups is 1. The van der Waals surface area contributed by atoms with E-state index in [0.29, 0.717) is 12.3 Å². The molecule has 3 rings (SSSR count). The maximum atomic E-state index is 11.5. The lowest BCUT2D eigenvalue weighted by atomic mass is 9.93. The van der Waals surface area contributed by atoms with Gasteiger partial charge in [-0.25, -0.2) is 4.98 Å². The minimum atomic E-state index is 0.140. The number of pyridine rings is 1. The first kappa shape index (κ1) is 19.5. The van der Waals surface area contributed by atoms with Gasteiger partial charge in [0.15, 0.2) is 5.96 Å². The topological polar surface area (TPSA) is 72.9 Å². The second-order valence-corrected chi connectivity index (χ2v) is 7.43. The van der Waals surface area contributed by atoms with Crippen LogP contribution in [0.3, 0.4) is 0 Å². The van der Waals surface area contributed by atoms with Gasteiger partial charge in [-0.3, -0.25) is 9.79 Å². The van der Waals surface area contributed by atoms with Crippen molar-refractivity contribution >= 4 is 17.7 Å². The largest absolute Gasteiger partial charge is 0.359 e. The van der Waals surface area contributed by atoms with Crippen LogP contribution >= 0.6 is 0 Å². The molecule has 0 unspecified atom stereocenters. The number of carbonyl (C=O) groups is 1. The fourth-order valence-corrected chi connectivity index (χ4v) is 3.88. The summed E-state index contributed by atoms with van der Waals surface area (Å²) in [7, 11) is 3.53. The maximum absolute atomic E-state index is 11.5. The number of piperidine rings is 1. The van der Waals surface area contributed by atoms with E-state index in [1.54, 1.807) is 7.05 Å². The lowest BCUT2D eigenvalue weighted by Crippen LogP contribution is -2.45. The molecule has 2 N–H and O–H groups in total. The van der Waals surface area contributed by atoms with Gasteiger partial charge < -0.3 is 20.4 Å². The van der Waals surface area contributed by atoms with Crippen molar-refractivity contribution in [2.75, 3.05) is 45.2 Å². The highest BCUT2D eigenvalue weighted by Gasteiger charge is 2.23. The molecule has 0 atom stereocenters. The molecule has 0 aromatic carbocycles. The van der Waals surface area contributed by atoms with E-state index in [0.717, 1.165) is 62.9 Å². The van der Waals surface area contributed by atoms with Crippen molar-refractivity contribution in [1.82, 2.24) is 20.5 Å². The molecule has 2 fully saturated rings. The molecule has 0 saturated carbocycles. The molecule has 0 aliphatic carbocycles. The normalized spacial score (nSPS) is 18.7. The first-order valence-electron chi connectivity index (χ1n) is 10.1. The van der Waals surface area contributed by atoms with Crippen molar-refractivity contribution in [2.45, 2.75) is 38.6 Å². The summed E-state index contributed by atoms with van der Waals surface area (Å²) in [6.45, 7) is 4.83. The van der Waals surface area contributed by atoms with Gasteiger partial charge in [0.2, 0.25) is 5.91 Å². The summed E-state index contributed by atoms with van der Waals surface area (Å²) in [5.74, 6) is 2.62. The van der Waals surface area contributed by atoms with E-state index in [1.807, 2.05) is 13.2 Å². The minimum absolute atomic E-state index is 0.140. The highest BCUT2D eigenvalue weighted by atomic mass is 16.1. The van der Waals surface area contributed by atoms with Crippen LogP contribution in [-0.4, -0.2) is 62.0 Å². The molecular formula is C20H32N6O. The Hall–Kier alpha value is -2.31. The van der Waals surface area contributed by atoms with Gasteiger partial charge in [-0.1, -0.05) is 6.07 Å². The zero-order valence-electron chi connectivity index (χ0n) is 16.6. The number of nitrogens with one attached hydrogen (secondary N) is 2. The van der Waals surface area contributed by atoms with Crippen LogP contribution < -0.4 is 15.5 Å². The first-order chi connectivity index (χ1) is 13.2. The molecule has 7 nitrogen and oxygen atoms in total. The van der Waals surface area contributed by atoms with Gasteiger partial charge in [-0.2, -0.15) is 0 Å². The Morgan fingerprint density at radius 2 is 1.96 bits per heavy atom. The number of nitrogens with zero attached hydrogens (tertiary/aromatic N) is 4. The number of carbonyl (C=O) groups excluding carboxylic acids is 1. The molecule has 148 valence electrons. The Kier molecular flexibility index (Phi) is 6.90. The molecule has 2 aliphatic rings. The van der Waals surface area contributed by atoms with Crippen molar-refractivity contribution < 1.29 is 4.79 Å². The summed E-state index contributed by atoms with van der Waals surface area (Å²) >= 11 is 0. The van der Waals surface area contributed by atoms with E-state index in [1.165, 1.54) is 12.8 Å². The quantitative estimate of drug-likeness (QED) is 0.607. The van der Waals surface area contributed by atoms with Crippen LogP contribution in [0.5, 0.6) is 0 Å². The van der Waals surface area contributed by atoms with Crippen LogP contribution in [-0.2, 0) is 11.3 Å². The maximum Gasteiger partial charge on any atom is 0.220 e. The smallest absolute Gasteiger partial charge is 0.220 e. The Morgan fingerprint density at radius 3 is 2.56 bits per heavy atom. The molecule has 0 bridgehead atoms. The molecule has 0 radical (unpaired) electrons. The van der Waals surface area contributed by atoms with Crippen molar-refractivity contribution in [3.05, 3.63) is 23.9 Å². The van der Waals surface area contributed by atoms with E-state index in [4.69, 9.17) is 0 Å². The average molecular weight is 373 g/mol. The fraction of sp³-hybridized carbons (Fsp3) is 0.650. The third-order valence-electron chi connectivity index (χ3n) is 5.57. The molecular weight excluding hydrogens is 340 g/mol. The van der Waals surface area contributed by atoms with Crippen LogP contribution in [0, 0.1) is 5.92 Å². The number of rotatable bonds is 5. The number of amides is 1. The van der Waals surface area contributed by atoms with Gasteiger partial charge in [-0.15, -0.1) is 0 Å². The number of hydrogen-bond acceptors (Lipinski definition) is 4. The SMILES string of the molecule is CN=C(NCc1ccc(N2CCCC2)nc1)N1CCC(CC(=O)NC)CC1. The second kappa shape index (κ2) is 9.58. The van der Waals surface area contributed by atoms with Gasteiger partial charge in [-0.05, 0) is 43.2 Å². The zero-order chi connectivity index (χ0) is 19.1. The Balaban J connectivity index is 1.46. The molecule has 7 heteroatoms. The molecule has 1 aromatic rings. The Morgan fingerprint density at radius 1 is 1.22 bits per heavy atom. The van der Waals surface area contributed by atoms with Gasteiger partial charge >= 0.3 is 0 Å². The van der Waals surface area contributed by atoms with Crippen molar-refractivity contribution in [3.63, 3.8) is 0 Å². The van der Waals surface area contributed by atoms with Crippen LogP contribution in [0.2, 0.25) is 0 Å². The predicted molar refractivity (Wildman–Crippen MR) is 109 cm³/mol. The fourth-order valence-electron chi connectivity index (χ4n) is 3.88. The van der Waals surface area contributed by atoms with Gasteiger partial charge in [0, 0.05) is 59.4 Å². The van der Waals surface area contributed by atoms with Crippen LogP contribution in [0.25, 0.3) is 0 Å². The molecule has 0 spiro atoms. The molecule has 2 saturated heterocycles. The van der Waals surface area contributed by atoms with E-state index in [-0.39, 0.29) is 5.91 Å². The molecule has 1 aromatic heterocycles.